The highest BCUT2D eigenvalue weighted by Crippen LogP contribution is 2.38. The monoisotopic (exact) mass is 349 g/mol. The highest BCUT2D eigenvalue weighted by molar-refractivity contribution is 5.96. The maximum absolute atomic E-state index is 12.2. The van der Waals surface area contributed by atoms with Crippen LogP contribution in [0.4, 0.5) is 0 Å². The molecule has 0 saturated heterocycles. The van der Waals surface area contributed by atoms with Gasteiger partial charge in [-0.15, -0.1) is 0 Å². The van der Waals surface area contributed by atoms with Gasteiger partial charge in [0.25, 0.3) is 0 Å². The van der Waals surface area contributed by atoms with Gasteiger partial charge in [0.15, 0.2) is 0 Å². The van der Waals surface area contributed by atoms with Crippen molar-refractivity contribution in [1.82, 2.24) is 4.90 Å². The normalized spacial score (nSPS) is 15.5. The van der Waals surface area contributed by atoms with E-state index in [4.69, 9.17) is 9.15 Å². The van der Waals surface area contributed by atoms with Crippen molar-refractivity contribution in [2.24, 2.45) is 0 Å². The third-order valence-electron chi connectivity index (χ3n) is 5.34. The quantitative estimate of drug-likeness (QED) is 0.642. The van der Waals surface area contributed by atoms with Crippen molar-refractivity contribution >= 4 is 11.0 Å². The van der Waals surface area contributed by atoms with Gasteiger partial charge in [-0.1, -0.05) is 37.3 Å². The van der Waals surface area contributed by atoms with Crippen LogP contribution in [0.15, 0.2) is 51.7 Å². The topological polar surface area (TPSA) is 42.7 Å². The molecular formula is C22H23NO3. The van der Waals surface area contributed by atoms with Crippen LogP contribution in [0.5, 0.6) is 5.75 Å². The number of nitrogens with zero attached hydrogens (tertiary/aromatic N) is 1. The summed E-state index contributed by atoms with van der Waals surface area (Å²) < 4.78 is 11.6. The molecule has 0 amide bonds. The van der Waals surface area contributed by atoms with Crippen LogP contribution in [0.2, 0.25) is 0 Å². The third-order valence-corrected chi connectivity index (χ3v) is 5.34. The predicted octanol–water partition coefficient (Wildman–Crippen LogP) is 4.72. The Labute approximate surface area is 153 Å². The van der Waals surface area contributed by atoms with Crippen molar-refractivity contribution < 1.29 is 9.15 Å². The first kappa shape index (κ1) is 16.9. The van der Waals surface area contributed by atoms with E-state index >= 15 is 0 Å². The van der Waals surface area contributed by atoms with E-state index in [-0.39, 0.29) is 5.63 Å². The number of fused-ring (bicyclic) bond motifs is 2. The van der Waals surface area contributed by atoms with Gasteiger partial charge in [-0.25, -0.2) is 4.79 Å². The molecule has 1 aliphatic rings. The average Bonchev–Trinajstić information content (AvgIpc) is 2.68. The summed E-state index contributed by atoms with van der Waals surface area (Å²) in [7, 11) is 0. The van der Waals surface area contributed by atoms with Crippen LogP contribution < -0.4 is 10.4 Å². The van der Waals surface area contributed by atoms with E-state index in [0.717, 1.165) is 46.4 Å². The van der Waals surface area contributed by atoms with Gasteiger partial charge in [0, 0.05) is 35.2 Å². The fourth-order valence-corrected chi connectivity index (χ4v) is 3.64. The summed E-state index contributed by atoms with van der Waals surface area (Å²) >= 11 is 0. The second-order valence-corrected chi connectivity index (χ2v) is 6.99. The lowest BCUT2D eigenvalue weighted by Gasteiger charge is -2.34. The van der Waals surface area contributed by atoms with E-state index in [2.05, 4.69) is 24.8 Å². The minimum Gasteiger partial charge on any atom is -0.477 e. The Morgan fingerprint density at radius 1 is 1.19 bits per heavy atom. The van der Waals surface area contributed by atoms with Crippen molar-refractivity contribution in [2.75, 3.05) is 6.73 Å². The fraction of sp³-hybridized carbons (Fsp3) is 0.318. The Kier molecular flexibility index (Phi) is 4.29. The Morgan fingerprint density at radius 3 is 2.69 bits per heavy atom. The van der Waals surface area contributed by atoms with E-state index < -0.39 is 0 Å². The molecule has 2 heterocycles. The average molecular weight is 349 g/mol. The molecule has 1 atom stereocenters. The molecule has 0 unspecified atom stereocenters. The van der Waals surface area contributed by atoms with E-state index in [9.17, 15) is 4.79 Å². The molecule has 0 saturated carbocycles. The minimum atomic E-state index is -0.337. The Balaban J connectivity index is 1.93. The molecule has 1 aliphatic heterocycles. The van der Waals surface area contributed by atoms with Gasteiger partial charge in [-0.3, -0.25) is 4.90 Å². The van der Waals surface area contributed by atoms with Crippen molar-refractivity contribution in [1.29, 1.82) is 0 Å². The number of hydrogen-bond donors (Lipinski definition) is 0. The van der Waals surface area contributed by atoms with Crippen LogP contribution in [0, 0.1) is 6.92 Å². The van der Waals surface area contributed by atoms with Gasteiger partial charge < -0.3 is 9.15 Å². The summed E-state index contributed by atoms with van der Waals surface area (Å²) in [5.74, 6) is 0.852. The Bertz CT molecular complexity index is 1010. The first-order chi connectivity index (χ1) is 12.6. The lowest BCUT2D eigenvalue weighted by Crippen LogP contribution is -2.38. The molecule has 0 bridgehead atoms. The molecule has 4 heteroatoms. The second-order valence-electron chi connectivity index (χ2n) is 6.99. The number of aryl methyl sites for hydroxylation is 1. The standard InChI is InChI=1S/C22H23NO3/c1-4-14(2)23-12-17-10-19-18(16-8-6-5-7-9-16)11-20(24)26-22(19)15(3)21(17)25-13-23/h5-11,14H,4,12-13H2,1-3H3/t14-/m1/s1. The molecule has 0 N–H and O–H groups in total. The maximum Gasteiger partial charge on any atom is 0.336 e. The zero-order valence-corrected chi connectivity index (χ0v) is 15.4. The molecular weight excluding hydrogens is 326 g/mol. The molecule has 2 aromatic carbocycles. The summed E-state index contributed by atoms with van der Waals surface area (Å²) in [6.07, 6.45) is 1.08. The molecule has 3 aromatic rings. The van der Waals surface area contributed by atoms with E-state index in [1.807, 2.05) is 37.3 Å². The van der Waals surface area contributed by atoms with Crippen LogP contribution in [0.3, 0.4) is 0 Å². The minimum absolute atomic E-state index is 0.337. The SMILES string of the molecule is CC[C@@H](C)N1COc2c(cc3c(-c4ccccc4)cc(=O)oc3c2C)C1. The zero-order valence-electron chi connectivity index (χ0n) is 15.4. The van der Waals surface area contributed by atoms with Crippen molar-refractivity contribution in [2.45, 2.75) is 39.8 Å². The Hall–Kier alpha value is -2.59. The van der Waals surface area contributed by atoms with Crippen LogP contribution in [0.25, 0.3) is 22.1 Å². The van der Waals surface area contributed by atoms with Gasteiger partial charge in [-0.05, 0) is 37.5 Å². The smallest absolute Gasteiger partial charge is 0.336 e. The molecule has 0 fully saturated rings. The van der Waals surface area contributed by atoms with Crippen LogP contribution in [0.1, 0.15) is 31.4 Å². The first-order valence-corrected chi connectivity index (χ1v) is 9.11. The zero-order chi connectivity index (χ0) is 18.3. The van der Waals surface area contributed by atoms with Crippen molar-refractivity contribution in [3.63, 3.8) is 0 Å². The van der Waals surface area contributed by atoms with Crippen LogP contribution in [-0.2, 0) is 6.54 Å². The summed E-state index contributed by atoms with van der Waals surface area (Å²) in [6.45, 7) is 7.79. The van der Waals surface area contributed by atoms with Crippen molar-refractivity contribution in [3.05, 3.63) is 64.0 Å². The molecule has 0 aliphatic carbocycles. The highest BCUT2D eigenvalue weighted by atomic mass is 16.5. The molecule has 0 spiro atoms. The Morgan fingerprint density at radius 2 is 1.96 bits per heavy atom. The second kappa shape index (κ2) is 6.61. The van der Waals surface area contributed by atoms with E-state index in [1.54, 1.807) is 6.07 Å². The van der Waals surface area contributed by atoms with Gasteiger partial charge in [0.05, 0.1) is 0 Å². The summed E-state index contributed by atoms with van der Waals surface area (Å²) in [5, 5.41) is 0.960. The first-order valence-electron chi connectivity index (χ1n) is 9.11. The van der Waals surface area contributed by atoms with Gasteiger partial charge >= 0.3 is 5.63 Å². The largest absolute Gasteiger partial charge is 0.477 e. The lowest BCUT2D eigenvalue weighted by atomic mass is 9.96. The summed E-state index contributed by atoms with van der Waals surface area (Å²) in [6, 6.07) is 14.1. The van der Waals surface area contributed by atoms with Gasteiger partial charge in [0.2, 0.25) is 0 Å². The fourth-order valence-electron chi connectivity index (χ4n) is 3.64. The van der Waals surface area contributed by atoms with Crippen LogP contribution >= 0.6 is 0 Å². The molecule has 0 radical (unpaired) electrons. The molecule has 4 nitrogen and oxygen atoms in total. The molecule has 134 valence electrons. The number of hydrogen-bond acceptors (Lipinski definition) is 4. The molecule has 4 rings (SSSR count). The van der Waals surface area contributed by atoms with Crippen LogP contribution in [-0.4, -0.2) is 17.7 Å². The maximum atomic E-state index is 12.2. The van der Waals surface area contributed by atoms with E-state index in [1.165, 1.54) is 0 Å². The molecule has 1 aromatic heterocycles. The number of rotatable bonds is 3. The molecule has 26 heavy (non-hydrogen) atoms. The van der Waals surface area contributed by atoms with Crippen molar-refractivity contribution in [3.8, 4) is 16.9 Å². The van der Waals surface area contributed by atoms with Gasteiger partial charge in [0.1, 0.15) is 18.1 Å². The highest BCUT2D eigenvalue weighted by Gasteiger charge is 2.25. The summed E-state index contributed by atoms with van der Waals surface area (Å²) in [4.78, 5) is 14.5. The number of benzene rings is 2. The lowest BCUT2D eigenvalue weighted by molar-refractivity contribution is 0.0602. The predicted molar refractivity (Wildman–Crippen MR) is 103 cm³/mol. The van der Waals surface area contributed by atoms with Gasteiger partial charge in [-0.2, -0.15) is 0 Å². The number of ether oxygens (including phenoxy) is 1. The summed E-state index contributed by atoms with van der Waals surface area (Å²) in [5.41, 5.74) is 4.25. The van der Waals surface area contributed by atoms with E-state index in [0.29, 0.717) is 18.4 Å². The third kappa shape index (κ3) is 2.80.